The van der Waals surface area contributed by atoms with Gasteiger partial charge in [-0.1, -0.05) is 18.9 Å². The molecule has 1 aliphatic heterocycles. The zero-order valence-electron chi connectivity index (χ0n) is 13.4. The number of aliphatic hydroxyl groups is 1. The number of carbonyl (C=O) groups excluding carboxylic acids is 1. The zero-order valence-corrected chi connectivity index (χ0v) is 13.4. The SMILES string of the molecule is O=C(Nc1cccc(F)c1)C1CCN([C@H]2CCCC[C@H]2O)CC1. The Kier molecular flexibility index (Phi) is 5.28. The molecule has 0 radical (unpaired) electrons. The number of hydrogen-bond donors (Lipinski definition) is 2. The fraction of sp³-hybridized carbons (Fsp3) is 0.611. The van der Waals surface area contributed by atoms with E-state index in [0.29, 0.717) is 5.69 Å². The third-order valence-corrected chi connectivity index (χ3v) is 5.16. The lowest BCUT2D eigenvalue weighted by Crippen LogP contribution is -2.49. The van der Waals surface area contributed by atoms with Gasteiger partial charge < -0.3 is 10.4 Å². The Hall–Kier alpha value is -1.46. The summed E-state index contributed by atoms with van der Waals surface area (Å²) in [6.07, 6.45) is 5.62. The zero-order chi connectivity index (χ0) is 16.2. The Balaban J connectivity index is 1.51. The molecule has 126 valence electrons. The minimum Gasteiger partial charge on any atom is -0.391 e. The molecule has 2 atom stereocenters. The van der Waals surface area contributed by atoms with Crippen LogP contribution in [0.4, 0.5) is 10.1 Å². The highest BCUT2D eigenvalue weighted by Gasteiger charge is 2.33. The van der Waals surface area contributed by atoms with Gasteiger partial charge >= 0.3 is 0 Å². The fourth-order valence-corrected chi connectivity index (χ4v) is 3.82. The lowest BCUT2D eigenvalue weighted by Gasteiger charge is -2.41. The van der Waals surface area contributed by atoms with Crippen LogP contribution in [-0.2, 0) is 4.79 Å². The summed E-state index contributed by atoms with van der Waals surface area (Å²) in [5.74, 6) is -0.404. The van der Waals surface area contributed by atoms with Crippen LogP contribution in [0.5, 0.6) is 0 Å². The number of piperidine rings is 1. The van der Waals surface area contributed by atoms with Crippen LogP contribution in [0.25, 0.3) is 0 Å². The first-order valence-electron chi connectivity index (χ1n) is 8.62. The molecule has 23 heavy (non-hydrogen) atoms. The van der Waals surface area contributed by atoms with E-state index >= 15 is 0 Å². The van der Waals surface area contributed by atoms with E-state index in [-0.39, 0.29) is 29.8 Å². The maximum absolute atomic E-state index is 13.2. The fourth-order valence-electron chi connectivity index (χ4n) is 3.82. The van der Waals surface area contributed by atoms with Gasteiger partial charge in [-0.3, -0.25) is 9.69 Å². The third-order valence-electron chi connectivity index (χ3n) is 5.16. The average Bonchev–Trinajstić information content (AvgIpc) is 2.55. The molecule has 5 heteroatoms. The first-order chi connectivity index (χ1) is 11.1. The summed E-state index contributed by atoms with van der Waals surface area (Å²) in [7, 11) is 0. The smallest absolute Gasteiger partial charge is 0.227 e. The molecule has 2 aliphatic rings. The minimum atomic E-state index is -0.344. The topological polar surface area (TPSA) is 52.6 Å². The molecule has 1 aromatic carbocycles. The average molecular weight is 320 g/mol. The number of nitrogens with zero attached hydrogens (tertiary/aromatic N) is 1. The first kappa shape index (κ1) is 16.4. The highest BCUT2D eigenvalue weighted by Crippen LogP contribution is 2.28. The van der Waals surface area contributed by atoms with Crippen molar-refractivity contribution in [3.8, 4) is 0 Å². The molecule has 2 N–H and O–H groups in total. The first-order valence-corrected chi connectivity index (χ1v) is 8.62. The van der Waals surface area contributed by atoms with Gasteiger partial charge in [-0.2, -0.15) is 0 Å². The standard InChI is InChI=1S/C18H25FN2O2/c19-14-4-3-5-15(12-14)20-18(23)13-8-10-21(11-9-13)16-6-1-2-7-17(16)22/h3-5,12-13,16-17,22H,1-2,6-11H2,(H,20,23)/t16-,17+/m0/s1. The highest BCUT2D eigenvalue weighted by molar-refractivity contribution is 5.92. The van der Waals surface area contributed by atoms with E-state index in [1.165, 1.54) is 18.6 Å². The number of benzene rings is 1. The van der Waals surface area contributed by atoms with Gasteiger partial charge in [-0.05, 0) is 57.0 Å². The number of hydrogen-bond acceptors (Lipinski definition) is 3. The Morgan fingerprint density at radius 3 is 2.61 bits per heavy atom. The van der Waals surface area contributed by atoms with Gasteiger partial charge in [0.25, 0.3) is 0 Å². The van der Waals surface area contributed by atoms with E-state index < -0.39 is 0 Å². The number of halogens is 1. The molecule has 0 unspecified atom stereocenters. The lowest BCUT2D eigenvalue weighted by atomic mass is 9.88. The van der Waals surface area contributed by atoms with Crippen LogP contribution in [0.3, 0.4) is 0 Å². The van der Waals surface area contributed by atoms with Gasteiger partial charge in [0.2, 0.25) is 5.91 Å². The monoisotopic (exact) mass is 320 g/mol. The molecule has 1 aromatic rings. The molecule has 1 saturated carbocycles. The van der Waals surface area contributed by atoms with Gasteiger partial charge in [-0.15, -0.1) is 0 Å². The molecule has 0 spiro atoms. The summed E-state index contributed by atoms with van der Waals surface area (Å²) in [4.78, 5) is 14.7. The van der Waals surface area contributed by atoms with E-state index in [0.717, 1.165) is 45.2 Å². The van der Waals surface area contributed by atoms with Gasteiger partial charge in [-0.25, -0.2) is 4.39 Å². The van der Waals surface area contributed by atoms with Crippen molar-refractivity contribution in [1.29, 1.82) is 0 Å². The van der Waals surface area contributed by atoms with Crippen molar-refractivity contribution >= 4 is 11.6 Å². The predicted octanol–water partition coefficient (Wildman–Crippen LogP) is 2.78. The van der Waals surface area contributed by atoms with E-state index in [2.05, 4.69) is 10.2 Å². The van der Waals surface area contributed by atoms with Crippen molar-refractivity contribution in [1.82, 2.24) is 4.90 Å². The number of rotatable bonds is 3. The van der Waals surface area contributed by atoms with Crippen molar-refractivity contribution < 1.29 is 14.3 Å². The van der Waals surface area contributed by atoms with Crippen LogP contribution >= 0.6 is 0 Å². The van der Waals surface area contributed by atoms with Crippen LogP contribution < -0.4 is 5.32 Å². The van der Waals surface area contributed by atoms with Crippen LogP contribution in [0, 0.1) is 11.7 Å². The van der Waals surface area contributed by atoms with E-state index in [4.69, 9.17) is 0 Å². The number of likely N-dealkylation sites (tertiary alicyclic amines) is 1. The minimum absolute atomic E-state index is 0.0283. The quantitative estimate of drug-likeness (QED) is 0.900. The van der Waals surface area contributed by atoms with Gasteiger partial charge in [0.1, 0.15) is 5.82 Å². The molecule has 1 saturated heterocycles. The number of anilines is 1. The number of nitrogens with one attached hydrogen (secondary N) is 1. The van der Waals surface area contributed by atoms with Crippen LogP contribution in [-0.4, -0.2) is 41.1 Å². The normalized spacial score (nSPS) is 26.9. The summed E-state index contributed by atoms with van der Waals surface area (Å²) in [6.45, 7) is 1.70. The number of aliphatic hydroxyl groups excluding tert-OH is 1. The van der Waals surface area contributed by atoms with Crippen molar-refractivity contribution in [2.75, 3.05) is 18.4 Å². The lowest BCUT2D eigenvalue weighted by molar-refractivity contribution is -0.121. The molecular weight excluding hydrogens is 295 g/mol. The molecule has 1 aliphatic carbocycles. The molecule has 3 rings (SSSR count). The summed E-state index contributed by atoms with van der Waals surface area (Å²) in [5, 5.41) is 13.0. The van der Waals surface area contributed by atoms with Crippen LogP contribution in [0.1, 0.15) is 38.5 Å². The predicted molar refractivity (Wildman–Crippen MR) is 87.6 cm³/mol. The molecule has 2 fully saturated rings. The second kappa shape index (κ2) is 7.41. The maximum atomic E-state index is 13.2. The second-order valence-electron chi connectivity index (χ2n) is 6.73. The summed E-state index contributed by atoms with van der Waals surface area (Å²) in [5.41, 5.74) is 0.514. The van der Waals surface area contributed by atoms with Crippen molar-refractivity contribution in [2.24, 2.45) is 5.92 Å². The van der Waals surface area contributed by atoms with Crippen molar-refractivity contribution in [2.45, 2.75) is 50.7 Å². The molecular formula is C18H25FN2O2. The van der Waals surface area contributed by atoms with E-state index in [9.17, 15) is 14.3 Å². The van der Waals surface area contributed by atoms with Crippen LogP contribution in [0.15, 0.2) is 24.3 Å². The summed E-state index contributed by atoms with van der Waals surface area (Å²) < 4.78 is 13.2. The highest BCUT2D eigenvalue weighted by atomic mass is 19.1. The molecule has 0 bridgehead atoms. The van der Waals surface area contributed by atoms with Crippen LogP contribution in [0.2, 0.25) is 0 Å². The van der Waals surface area contributed by atoms with Gasteiger partial charge in [0.05, 0.1) is 6.10 Å². The van der Waals surface area contributed by atoms with Crippen molar-refractivity contribution in [3.63, 3.8) is 0 Å². The summed E-state index contributed by atoms with van der Waals surface area (Å²) in [6, 6.07) is 6.26. The molecule has 1 heterocycles. The molecule has 0 aromatic heterocycles. The Morgan fingerprint density at radius 1 is 1.17 bits per heavy atom. The largest absolute Gasteiger partial charge is 0.391 e. The Morgan fingerprint density at radius 2 is 1.91 bits per heavy atom. The second-order valence-corrected chi connectivity index (χ2v) is 6.73. The Labute approximate surface area is 136 Å². The van der Waals surface area contributed by atoms with E-state index in [1.54, 1.807) is 12.1 Å². The van der Waals surface area contributed by atoms with Gasteiger partial charge in [0.15, 0.2) is 0 Å². The van der Waals surface area contributed by atoms with E-state index in [1.807, 2.05) is 0 Å². The molecule has 4 nitrogen and oxygen atoms in total. The van der Waals surface area contributed by atoms with Gasteiger partial charge in [0, 0.05) is 17.6 Å². The number of carbonyl (C=O) groups is 1. The maximum Gasteiger partial charge on any atom is 0.227 e. The third kappa shape index (κ3) is 4.09. The summed E-state index contributed by atoms with van der Waals surface area (Å²) >= 11 is 0. The van der Waals surface area contributed by atoms with Crippen molar-refractivity contribution in [3.05, 3.63) is 30.1 Å². The molecule has 1 amide bonds. The number of amides is 1. The Bertz CT molecular complexity index is 544.